The summed E-state index contributed by atoms with van der Waals surface area (Å²) in [4.78, 5) is 17.9. The van der Waals surface area contributed by atoms with Gasteiger partial charge in [0.1, 0.15) is 12.4 Å². The second-order valence-electron chi connectivity index (χ2n) is 8.86. The van der Waals surface area contributed by atoms with Crippen molar-refractivity contribution in [3.63, 3.8) is 0 Å². The highest BCUT2D eigenvalue weighted by molar-refractivity contribution is 5.46. The molecular weight excluding hydrogens is 415 g/mol. The van der Waals surface area contributed by atoms with Gasteiger partial charge < -0.3 is 9.64 Å². The largest absolute Gasteiger partial charge is 0.485 e. The fourth-order valence-electron chi connectivity index (χ4n) is 4.08. The van der Waals surface area contributed by atoms with E-state index in [2.05, 4.69) is 23.6 Å². The topological polar surface area (TPSA) is 32.8 Å². The average Bonchev–Trinajstić information content (AvgIpc) is 2.99. The molecule has 1 saturated heterocycles. The van der Waals surface area contributed by atoms with Gasteiger partial charge in [0, 0.05) is 44.0 Å². The number of benzene rings is 2. The number of hydrogen-bond acceptors (Lipinski definition) is 4. The van der Waals surface area contributed by atoms with Crippen molar-refractivity contribution < 1.29 is 9.13 Å². The van der Waals surface area contributed by atoms with Crippen molar-refractivity contribution in [2.75, 3.05) is 31.1 Å². The molecule has 0 unspecified atom stereocenters. The van der Waals surface area contributed by atoms with Crippen LogP contribution < -0.4 is 15.1 Å². The van der Waals surface area contributed by atoms with Gasteiger partial charge >= 0.3 is 0 Å². The number of piperazine rings is 1. The van der Waals surface area contributed by atoms with E-state index in [0.29, 0.717) is 24.8 Å². The van der Waals surface area contributed by atoms with Crippen molar-refractivity contribution in [1.82, 2.24) is 4.90 Å². The Morgan fingerprint density at radius 1 is 0.909 bits per heavy atom. The molecule has 1 heterocycles. The molecule has 0 N–H and O–H groups in total. The van der Waals surface area contributed by atoms with Crippen molar-refractivity contribution in [1.29, 1.82) is 0 Å². The fraction of sp³-hybridized carbons (Fsp3) is 0.321. The third kappa shape index (κ3) is 5.99. The van der Waals surface area contributed by atoms with Crippen LogP contribution in [-0.2, 0) is 13.2 Å². The third-order valence-corrected chi connectivity index (χ3v) is 6.15. The van der Waals surface area contributed by atoms with E-state index in [1.54, 1.807) is 0 Å². The van der Waals surface area contributed by atoms with Gasteiger partial charge in [-0.25, -0.2) is 4.39 Å². The number of halogens is 1. The molecule has 1 aliphatic heterocycles. The van der Waals surface area contributed by atoms with Crippen molar-refractivity contribution >= 4 is 5.69 Å². The highest BCUT2D eigenvalue weighted by Crippen LogP contribution is 2.20. The fourth-order valence-corrected chi connectivity index (χ4v) is 4.08. The molecule has 0 aliphatic carbocycles. The lowest BCUT2D eigenvalue weighted by molar-refractivity contribution is 0.248. The van der Waals surface area contributed by atoms with Gasteiger partial charge in [0.25, 0.3) is 0 Å². The Labute approximate surface area is 195 Å². The van der Waals surface area contributed by atoms with E-state index in [-0.39, 0.29) is 11.2 Å². The highest BCUT2D eigenvalue weighted by Gasteiger charge is 2.19. The molecule has 3 aromatic rings. The Bertz CT molecular complexity index is 1110. The van der Waals surface area contributed by atoms with Gasteiger partial charge in [-0.3, -0.25) is 9.69 Å². The van der Waals surface area contributed by atoms with Crippen LogP contribution in [0.3, 0.4) is 0 Å². The van der Waals surface area contributed by atoms with Gasteiger partial charge in [-0.05, 0) is 47.4 Å². The van der Waals surface area contributed by atoms with Gasteiger partial charge in [0.2, 0.25) is 5.43 Å². The normalized spacial score (nSPS) is 14.5. The third-order valence-electron chi connectivity index (χ3n) is 6.15. The minimum atomic E-state index is -0.219. The van der Waals surface area contributed by atoms with Crippen LogP contribution in [0.15, 0.2) is 77.6 Å². The summed E-state index contributed by atoms with van der Waals surface area (Å²) in [6.45, 7) is 8.56. The Morgan fingerprint density at radius 2 is 1.61 bits per heavy atom. The molecule has 0 aromatic heterocycles. The van der Waals surface area contributed by atoms with E-state index in [0.717, 1.165) is 48.6 Å². The molecule has 0 atom stereocenters. The predicted molar refractivity (Wildman–Crippen MR) is 131 cm³/mol. The van der Waals surface area contributed by atoms with Crippen molar-refractivity contribution in [3.05, 3.63) is 106 Å². The molecule has 3 aromatic carbocycles. The van der Waals surface area contributed by atoms with Crippen LogP contribution in [0.25, 0.3) is 0 Å². The Hall–Kier alpha value is -3.18. The first-order chi connectivity index (χ1) is 16.0. The number of rotatable bonds is 7. The maximum Gasteiger partial charge on any atom is 0.224 e. The van der Waals surface area contributed by atoms with Gasteiger partial charge in [-0.2, -0.15) is 0 Å². The smallest absolute Gasteiger partial charge is 0.224 e. The van der Waals surface area contributed by atoms with Crippen LogP contribution in [0, 0.1) is 5.82 Å². The molecule has 1 aliphatic rings. The molecule has 4 nitrogen and oxygen atoms in total. The van der Waals surface area contributed by atoms with Crippen molar-refractivity contribution in [2.45, 2.75) is 32.9 Å². The lowest BCUT2D eigenvalue weighted by Crippen LogP contribution is -2.46. The summed E-state index contributed by atoms with van der Waals surface area (Å²) in [5, 5.41) is 0. The highest BCUT2D eigenvalue weighted by atomic mass is 19.1. The standard InChI is InChI=1S/C28H31FN2O2/c1-21(2)23-8-9-24(28(32)27(18-23)33-20-22-6-4-3-5-7-22)19-30-14-16-31(17-15-30)26-12-10-25(29)11-13-26/h3-13,18,21H,14-17,19-20H2,1-2H3. The SMILES string of the molecule is CC(C)c1ccc(CN2CCN(c3ccc(F)cc3)CC2)c(=O)c(OCc2ccccc2)c1. The first kappa shape index (κ1) is 23.0. The maximum atomic E-state index is 13.4. The molecule has 0 amide bonds. The lowest BCUT2D eigenvalue weighted by Gasteiger charge is -2.36. The summed E-state index contributed by atoms with van der Waals surface area (Å²) in [6.07, 6.45) is 0. The van der Waals surface area contributed by atoms with E-state index in [1.807, 2.05) is 60.7 Å². The van der Waals surface area contributed by atoms with Gasteiger partial charge in [-0.15, -0.1) is 0 Å². The quantitative estimate of drug-likeness (QED) is 0.499. The van der Waals surface area contributed by atoms with Crippen LogP contribution in [0.1, 0.15) is 36.5 Å². The minimum absolute atomic E-state index is 0.0428. The van der Waals surface area contributed by atoms with Crippen LogP contribution >= 0.6 is 0 Å². The molecule has 1 fully saturated rings. The average molecular weight is 447 g/mol. The van der Waals surface area contributed by atoms with Crippen LogP contribution in [0.5, 0.6) is 5.75 Å². The monoisotopic (exact) mass is 446 g/mol. The number of ether oxygens (including phenoxy) is 1. The molecule has 33 heavy (non-hydrogen) atoms. The van der Waals surface area contributed by atoms with Crippen molar-refractivity contribution in [2.24, 2.45) is 0 Å². The zero-order valence-corrected chi connectivity index (χ0v) is 19.3. The molecular formula is C28H31FN2O2. The Balaban J connectivity index is 1.48. The van der Waals surface area contributed by atoms with E-state index in [4.69, 9.17) is 4.74 Å². The molecule has 0 bridgehead atoms. The number of hydrogen-bond donors (Lipinski definition) is 0. The lowest BCUT2D eigenvalue weighted by atomic mass is 10.1. The zero-order valence-electron chi connectivity index (χ0n) is 19.3. The molecule has 0 radical (unpaired) electrons. The second kappa shape index (κ2) is 10.6. The van der Waals surface area contributed by atoms with Gasteiger partial charge in [-0.1, -0.05) is 56.3 Å². The summed E-state index contributed by atoms with van der Waals surface area (Å²) in [7, 11) is 0. The van der Waals surface area contributed by atoms with Crippen LogP contribution in [-0.4, -0.2) is 31.1 Å². The van der Waals surface area contributed by atoms with Crippen molar-refractivity contribution in [3.8, 4) is 5.75 Å². The predicted octanol–water partition coefficient (Wildman–Crippen LogP) is 5.21. The van der Waals surface area contributed by atoms with Crippen LogP contribution in [0.4, 0.5) is 10.1 Å². The molecule has 0 spiro atoms. The second-order valence-corrected chi connectivity index (χ2v) is 8.86. The van der Waals surface area contributed by atoms with Crippen LogP contribution in [0.2, 0.25) is 0 Å². The zero-order chi connectivity index (χ0) is 23.2. The van der Waals surface area contributed by atoms with E-state index >= 15 is 0 Å². The summed E-state index contributed by atoms with van der Waals surface area (Å²) in [5.74, 6) is 0.485. The summed E-state index contributed by atoms with van der Waals surface area (Å²) < 4.78 is 19.2. The number of anilines is 1. The Morgan fingerprint density at radius 3 is 2.27 bits per heavy atom. The minimum Gasteiger partial charge on any atom is -0.485 e. The maximum absolute atomic E-state index is 13.4. The summed E-state index contributed by atoms with van der Waals surface area (Å²) in [6, 6.07) is 22.4. The molecule has 5 heteroatoms. The Kier molecular flexibility index (Phi) is 7.40. The van der Waals surface area contributed by atoms with Gasteiger partial charge in [0.15, 0.2) is 5.75 Å². The van der Waals surface area contributed by atoms with E-state index in [9.17, 15) is 9.18 Å². The first-order valence-corrected chi connectivity index (χ1v) is 11.6. The molecule has 172 valence electrons. The molecule has 4 rings (SSSR count). The number of nitrogens with zero attached hydrogens (tertiary/aromatic N) is 2. The van der Waals surface area contributed by atoms with E-state index < -0.39 is 0 Å². The summed E-state index contributed by atoms with van der Waals surface area (Å²) in [5.41, 5.74) is 3.86. The van der Waals surface area contributed by atoms with Gasteiger partial charge in [0.05, 0.1) is 0 Å². The summed E-state index contributed by atoms with van der Waals surface area (Å²) >= 11 is 0. The van der Waals surface area contributed by atoms with E-state index in [1.165, 1.54) is 12.1 Å². The first-order valence-electron chi connectivity index (χ1n) is 11.6. The molecule has 0 saturated carbocycles.